The highest BCUT2D eigenvalue weighted by atomic mass is 19.4. The van der Waals surface area contributed by atoms with Crippen molar-refractivity contribution in [2.45, 2.75) is 38.3 Å². The molecule has 150 valence electrons. The topological polar surface area (TPSA) is 46.9 Å². The van der Waals surface area contributed by atoms with Crippen LogP contribution in [0.5, 0.6) is 0 Å². The van der Waals surface area contributed by atoms with E-state index in [1.807, 2.05) is 0 Å². The van der Waals surface area contributed by atoms with Crippen LogP contribution in [-0.2, 0) is 6.18 Å². The van der Waals surface area contributed by atoms with E-state index in [4.69, 9.17) is 0 Å². The Hall–Kier alpha value is -2.38. The lowest BCUT2D eigenvalue weighted by Crippen LogP contribution is -2.29. The first kappa shape index (κ1) is 19.0. The van der Waals surface area contributed by atoms with Crippen molar-refractivity contribution >= 4 is 5.91 Å². The quantitative estimate of drug-likeness (QED) is 0.753. The number of hydrogen-bond acceptors (Lipinski definition) is 2. The van der Waals surface area contributed by atoms with Crippen molar-refractivity contribution in [1.29, 1.82) is 0 Å². The number of alkyl halides is 3. The van der Waals surface area contributed by atoms with Crippen molar-refractivity contribution in [3.8, 4) is 5.69 Å². The Balaban J connectivity index is 1.50. The Labute approximate surface area is 159 Å². The van der Waals surface area contributed by atoms with Crippen LogP contribution in [-0.4, -0.2) is 22.2 Å². The summed E-state index contributed by atoms with van der Waals surface area (Å²) < 4.78 is 55.3. The van der Waals surface area contributed by atoms with Gasteiger partial charge in [-0.25, -0.2) is 9.07 Å². The molecule has 0 saturated heterocycles. The minimum Gasteiger partial charge on any atom is -0.352 e. The first-order chi connectivity index (χ1) is 13.3. The van der Waals surface area contributed by atoms with Gasteiger partial charge in [-0.15, -0.1) is 0 Å². The van der Waals surface area contributed by atoms with E-state index in [1.165, 1.54) is 37.5 Å². The third kappa shape index (κ3) is 3.52. The summed E-state index contributed by atoms with van der Waals surface area (Å²) in [6.45, 7) is 0.328. The van der Waals surface area contributed by atoms with E-state index >= 15 is 0 Å². The molecule has 2 aliphatic carbocycles. The molecule has 8 heteroatoms. The summed E-state index contributed by atoms with van der Waals surface area (Å²) in [5, 5.41) is 6.24. The average Bonchev–Trinajstić information content (AvgIpc) is 3.36. The second-order valence-corrected chi connectivity index (χ2v) is 7.75. The molecule has 0 spiro atoms. The predicted molar refractivity (Wildman–Crippen MR) is 94.4 cm³/mol. The maximum Gasteiger partial charge on any atom is 0.434 e. The van der Waals surface area contributed by atoms with Crippen molar-refractivity contribution in [3.63, 3.8) is 0 Å². The summed E-state index contributed by atoms with van der Waals surface area (Å²) in [7, 11) is 0. The molecule has 0 aliphatic heterocycles. The second kappa shape index (κ2) is 7.22. The van der Waals surface area contributed by atoms with Crippen LogP contribution < -0.4 is 5.32 Å². The summed E-state index contributed by atoms with van der Waals surface area (Å²) in [5.41, 5.74) is -2.21. The maximum atomic E-state index is 14.0. The van der Waals surface area contributed by atoms with E-state index in [9.17, 15) is 22.4 Å². The maximum absolute atomic E-state index is 14.0. The lowest BCUT2D eigenvalue weighted by Gasteiger charge is -2.21. The molecule has 2 aromatic rings. The third-order valence-electron chi connectivity index (χ3n) is 6.05. The number of carbonyl (C=O) groups is 1. The van der Waals surface area contributed by atoms with E-state index in [-0.39, 0.29) is 5.69 Å². The van der Waals surface area contributed by atoms with Crippen LogP contribution in [0.25, 0.3) is 5.69 Å². The number of nitrogens with zero attached hydrogens (tertiary/aromatic N) is 2. The van der Waals surface area contributed by atoms with Gasteiger partial charge in [-0.1, -0.05) is 18.6 Å². The Morgan fingerprint density at radius 3 is 2.64 bits per heavy atom. The standard InChI is InChI=1S/C20H21F4N3O/c21-16-3-1-2-4-17(16)27-18(20(22,23)24)15(11-26-27)19(28)25-8-7-14-10-12-5-6-13(14)9-12/h1-4,11-14H,5-10H2,(H,25,28). The fourth-order valence-corrected chi connectivity index (χ4v) is 4.79. The van der Waals surface area contributed by atoms with Crippen LogP contribution in [0, 0.1) is 23.6 Å². The van der Waals surface area contributed by atoms with Crippen molar-refractivity contribution < 1.29 is 22.4 Å². The fourth-order valence-electron chi connectivity index (χ4n) is 4.79. The molecule has 1 aromatic carbocycles. The van der Waals surface area contributed by atoms with Gasteiger partial charge in [0.05, 0.1) is 11.8 Å². The molecule has 1 amide bonds. The number of fused-ring (bicyclic) bond motifs is 2. The number of halogens is 4. The molecule has 2 saturated carbocycles. The van der Waals surface area contributed by atoms with Crippen LogP contribution in [0.4, 0.5) is 17.6 Å². The molecule has 2 bridgehead atoms. The van der Waals surface area contributed by atoms with Gasteiger partial charge < -0.3 is 5.32 Å². The number of aromatic nitrogens is 2. The normalized spacial score (nSPS) is 23.9. The van der Waals surface area contributed by atoms with Crippen LogP contribution in [0.1, 0.15) is 48.2 Å². The van der Waals surface area contributed by atoms with Crippen molar-refractivity contribution in [2.75, 3.05) is 6.54 Å². The second-order valence-electron chi connectivity index (χ2n) is 7.75. The van der Waals surface area contributed by atoms with Crippen LogP contribution in [0.2, 0.25) is 0 Å². The fraction of sp³-hybridized carbons (Fsp3) is 0.500. The molecule has 1 N–H and O–H groups in total. The number of para-hydroxylation sites is 1. The first-order valence-electron chi connectivity index (χ1n) is 9.53. The Morgan fingerprint density at radius 2 is 2.00 bits per heavy atom. The summed E-state index contributed by atoms with van der Waals surface area (Å²) in [6.07, 6.45) is 1.66. The molecule has 4 nitrogen and oxygen atoms in total. The van der Waals surface area contributed by atoms with Crippen molar-refractivity contribution in [3.05, 3.63) is 47.5 Å². The van der Waals surface area contributed by atoms with E-state index in [2.05, 4.69) is 10.4 Å². The van der Waals surface area contributed by atoms with E-state index in [1.54, 1.807) is 0 Å². The van der Waals surface area contributed by atoms with Gasteiger partial charge in [-0.3, -0.25) is 4.79 Å². The highest BCUT2D eigenvalue weighted by Crippen LogP contribution is 2.49. The number of nitrogens with one attached hydrogen (secondary N) is 1. The van der Waals surface area contributed by atoms with E-state index < -0.39 is 29.2 Å². The lowest BCUT2D eigenvalue weighted by molar-refractivity contribution is -0.143. The molecule has 1 aromatic heterocycles. The summed E-state index contributed by atoms with van der Waals surface area (Å²) in [6, 6.07) is 5.02. The number of amides is 1. The van der Waals surface area contributed by atoms with Gasteiger partial charge in [-0.2, -0.15) is 18.3 Å². The van der Waals surface area contributed by atoms with Gasteiger partial charge >= 0.3 is 6.18 Å². The number of rotatable bonds is 5. The minimum absolute atomic E-state index is 0.328. The van der Waals surface area contributed by atoms with Gasteiger partial charge in [0.2, 0.25) is 0 Å². The molecule has 1 heterocycles. The first-order valence-corrected chi connectivity index (χ1v) is 9.53. The van der Waals surface area contributed by atoms with E-state index in [0.717, 1.165) is 31.0 Å². The van der Waals surface area contributed by atoms with Gasteiger partial charge in [-0.05, 0) is 55.6 Å². The highest BCUT2D eigenvalue weighted by Gasteiger charge is 2.41. The summed E-state index contributed by atoms with van der Waals surface area (Å²) in [4.78, 5) is 12.4. The molecule has 0 radical (unpaired) electrons. The zero-order valence-electron chi connectivity index (χ0n) is 15.2. The highest BCUT2D eigenvalue weighted by molar-refractivity contribution is 5.95. The average molecular weight is 395 g/mol. The molecule has 3 unspecified atom stereocenters. The van der Waals surface area contributed by atoms with Gasteiger partial charge in [0.25, 0.3) is 5.91 Å². The Kier molecular flexibility index (Phi) is 4.89. The van der Waals surface area contributed by atoms with Crippen molar-refractivity contribution in [1.82, 2.24) is 15.1 Å². The number of carbonyl (C=O) groups excluding carboxylic acids is 1. The predicted octanol–water partition coefficient (Wildman–Crippen LogP) is 4.59. The lowest BCUT2D eigenvalue weighted by atomic mass is 9.86. The molecule has 28 heavy (non-hydrogen) atoms. The van der Waals surface area contributed by atoms with Gasteiger partial charge in [0, 0.05) is 6.54 Å². The monoisotopic (exact) mass is 395 g/mol. The molecule has 3 atom stereocenters. The molecular formula is C20H21F4N3O. The van der Waals surface area contributed by atoms with Crippen LogP contribution in [0.15, 0.2) is 30.5 Å². The third-order valence-corrected chi connectivity index (χ3v) is 6.05. The van der Waals surface area contributed by atoms with E-state index in [0.29, 0.717) is 23.1 Å². The zero-order chi connectivity index (χ0) is 19.9. The van der Waals surface area contributed by atoms with Crippen molar-refractivity contribution in [2.24, 2.45) is 17.8 Å². The molecule has 2 aliphatic rings. The largest absolute Gasteiger partial charge is 0.434 e. The van der Waals surface area contributed by atoms with Gasteiger partial charge in [0.1, 0.15) is 11.5 Å². The summed E-state index contributed by atoms with van der Waals surface area (Å²) >= 11 is 0. The summed E-state index contributed by atoms with van der Waals surface area (Å²) in [5.74, 6) is 0.331. The van der Waals surface area contributed by atoms with Gasteiger partial charge in [0.15, 0.2) is 5.69 Å². The number of benzene rings is 1. The smallest absolute Gasteiger partial charge is 0.352 e. The Bertz CT molecular complexity index is 877. The number of hydrogen-bond donors (Lipinski definition) is 1. The molecule has 2 fully saturated rings. The molecule has 4 rings (SSSR count). The SMILES string of the molecule is O=C(NCCC1CC2CCC1C2)c1cnn(-c2ccccc2F)c1C(F)(F)F. The Morgan fingerprint density at radius 1 is 1.21 bits per heavy atom. The minimum atomic E-state index is -4.85. The molecular weight excluding hydrogens is 374 g/mol. The zero-order valence-corrected chi connectivity index (χ0v) is 15.2. The van der Waals surface area contributed by atoms with Crippen LogP contribution in [0.3, 0.4) is 0 Å². The van der Waals surface area contributed by atoms with Crippen LogP contribution >= 0.6 is 0 Å².